The minimum absolute atomic E-state index is 0.0499. The number of nitriles is 1. The highest BCUT2D eigenvalue weighted by molar-refractivity contribution is 5.79. The zero-order chi connectivity index (χ0) is 18.3. The van der Waals surface area contributed by atoms with Gasteiger partial charge in [-0.15, -0.1) is 0 Å². The van der Waals surface area contributed by atoms with E-state index in [9.17, 15) is 10.1 Å². The third-order valence-electron chi connectivity index (χ3n) is 5.43. The van der Waals surface area contributed by atoms with Gasteiger partial charge in [-0.25, -0.2) is 0 Å². The fourth-order valence-electron chi connectivity index (χ4n) is 3.42. The molecule has 25 heavy (non-hydrogen) atoms. The van der Waals surface area contributed by atoms with Gasteiger partial charge in [-0.05, 0) is 43.2 Å². The number of hydrogen-bond donors (Lipinski definition) is 2. The van der Waals surface area contributed by atoms with Crippen LogP contribution in [0.4, 0.5) is 0 Å². The Bertz CT molecular complexity index is 589. The Kier molecular flexibility index (Phi) is 6.95. The number of carbonyl (C=O) groups is 1. The van der Waals surface area contributed by atoms with Gasteiger partial charge in [-0.2, -0.15) is 5.26 Å². The van der Waals surface area contributed by atoms with E-state index in [0.717, 1.165) is 5.56 Å². The minimum Gasteiger partial charge on any atom is -0.337 e. The van der Waals surface area contributed by atoms with Crippen LogP contribution < -0.4 is 10.6 Å². The molecule has 1 heterocycles. The summed E-state index contributed by atoms with van der Waals surface area (Å²) < 4.78 is 0. The van der Waals surface area contributed by atoms with Crippen LogP contribution in [-0.2, 0) is 4.79 Å². The standard InChI is InChI=1S/C20H30N4O/c1-15(2)20(3,14-21)24-18(25)13-23-19(16-8-5-4-6-9-16)17-10-7-11-22-12-17/h7,10-12,15-16,19,23H,4-6,8-9,13H2,1-3H3,(H,24,25). The second kappa shape index (κ2) is 8.96. The van der Waals surface area contributed by atoms with E-state index < -0.39 is 5.54 Å². The Balaban J connectivity index is 2.02. The molecule has 136 valence electrons. The van der Waals surface area contributed by atoms with Crippen LogP contribution in [0.5, 0.6) is 0 Å². The summed E-state index contributed by atoms with van der Waals surface area (Å²) in [5.74, 6) is 0.439. The molecule has 2 N–H and O–H groups in total. The van der Waals surface area contributed by atoms with E-state index in [-0.39, 0.29) is 24.4 Å². The van der Waals surface area contributed by atoms with Crippen molar-refractivity contribution >= 4 is 5.91 Å². The van der Waals surface area contributed by atoms with Crippen molar-refractivity contribution in [1.29, 1.82) is 5.26 Å². The zero-order valence-electron chi connectivity index (χ0n) is 15.6. The van der Waals surface area contributed by atoms with Gasteiger partial charge in [0.15, 0.2) is 0 Å². The molecule has 1 amide bonds. The summed E-state index contributed by atoms with van der Waals surface area (Å²) in [4.78, 5) is 16.6. The number of aromatic nitrogens is 1. The summed E-state index contributed by atoms with van der Waals surface area (Å²) in [5, 5.41) is 15.7. The van der Waals surface area contributed by atoms with Crippen molar-refractivity contribution in [1.82, 2.24) is 15.6 Å². The van der Waals surface area contributed by atoms with Gasteiger partial charge < -0.3 is 10.6 Å². The predicted octanol–water partition coefficient (Wildman–Crippen LogP) is 3.35. The Hall–Kier alpha value is -1.93. The van der Waals surface area contributed by atoms with E-state index in [2.05, 4.69) is 27.8 Å². The van der Waals surface area contributed by atoms with Crippen molar-refractivity contribution in [3.63, 3.8) is 0 Å². The predicted molar refractivity (Wildman–Crippen MR) is 98.6 cm³/mol. The molecule has 5 heteroatoms. The summed E-state index contributed by atoms with van der Waals surface area (Å²) in [5.41, 5.74) is 0.294. The molecular weight excluding hydrogens is 312 g/mol. The minimum atomic E-state index is -0.840. The van der Waals surface area contributed by atoms with Gasteiger partial charge in [0.2, 0.25) is 5.91 Å². The fraction of sp³-hybridized carbons (Fsp3) is 0.650. The molecule has 0 bridgehead atoms. The summed E-state index contributed by atoms with van der Waals surface area (Å²) in [6.07, 6.45) is 9.80. The molecule has 0 spiro atoms. The Morgan fingerprint density at radius 3 is 2.68 bits per heavy atom. The molecule has 5 nitrogen and oxygen atoms in total. The highest BCUT2D eigenvalue weighted by Crippen LogP contribution is 2.34. The summed E-state index contributed by atoms with van der Waals surface area (Å²) in [6, 6.07) is 6.37. The molecule has 2 unspecified atom stereocenters. The molecule has 1 aliphatic carbocycles. The molecule has 0 aliphatic heterocycles. The number of nitrogens with zero attached hydrogens (tertiary/aromatic N) is 2. The second-order valence-electron chi connectivity index (χ2n) is 7.56. The topological polar surface area (TPSA) is 77.8 Å². The zero-order valence-corrected chi connectivity index (χ0v) is 15.6. The van der Waals surface area contributed by atoms with Gasteiger partial charge in [0.05, 0.1) is 12.6 Å². The largest absolute Gasteiger partial charge is 0.337 e. The Morgan fingerprint density at radius 1 is 1.40 bits per heavy atom. The lowest BCUT2D eigenvalue weighted by Gasteiger charge is -2.32. The lowest BCUT2D eigenvalue weighted by atomic mass is 9.81. The SMILES string of the molecule is CC(C)C(C)(C#N)NC(=O)CNC(c1cccnc1)C1CCCCC1. The van der Waals surface area contributed by atoms with Crippen molar-refractivity contribution in [3.8, 4) is 6.07 Å². The number of hydrogen-bond acceptors (Lipinski definition) is 4. The van der Waals surface area contributed by atoms with Crippen LogP contribution in [-0.4, -0.2) is 23.0 Å². The normalized spacial score (nSPS) is 19.0. The van der Waals surface area contributed by atoms with Gasteiger partial charge in [0, 0.05) is 18.4 Å². The molecule has 0 saturated heterocycles. The van der Waals surface area contributed by atoms with Crippen LogP contribution in [0, 0.1) is 23.2 Å². The first-order valence-corrected chi connectivity index (χ1v) is 9.32. The molecule has 1 aromatic heterocycles. The number of rotatable bonds is 7. The quantitative estimate of drug-likeness (QED) is 0.796. The summed E-state index contributed by atoms with van der Waals surface area (Å²) in [6.45, 7) is 5.87. The van der Waals surface area contributed by atoms with Crippen molar-refractivity contribution in [2.45, 2.75) is 64.5 Å². The Morgan fingerprint density at radius 2 is 2.12 bits per heavy atom. The van der Waals surface area contributed by atoms with Crippen LogP contribution in [0.25, 0.3) is 0 Å². The lowest BCUT2D eigenvalue weighted by molar-refractivity contribution is -0.122. The molecule has 1 fully saturated rings. The van der Waals surface area contributed by atoms with Crippen LogP contribution in [0.1, 0.15) is 64.5 Å². The van der Waals surface area contributed by atoms with Crippen molar-refractivity contribution < 1.29 is 4.79 Å². The van der Waals surface area contributed by atoms with Crippen molar-refractivity contribution in [2.75, 3.05) is 6.54 Å². The average Bonchev–Trinajstić information content (AvgIpc) is 2.63. The molecule has 2 atom stereocenters. The monoisotopic (exact) mass is 342 g/mol. The highest BCUT2D eigenvalue weighted by Gasteiger charge is 2.31. The first-order valence-electron chi connectivity index (χ1n) is 9.32. The first-order chi connectivity index (χ1) is 12.0. The highest BCUT2D eigenvalue weighted by atomic mass is 16.2. The van der Waals surface area contributed by atoms with E-state index >= 15 is 0 Å². The van der Waals surface area contributed by atoms with Gasteiger partial charge in [-0.1, -0.05) is 39.2 Å². The molecule has 1 saturated carbocycles. The molecule has 0 aromatic carbocycles. The van der Waals surface area contributed by atoms with E-state index in [4.69, 9.17) is 0 Å². The van der Waals surface area contributed by atoms with Crippen LogP contribution >= 0.6 is 0 Å². The Labute approximate surface area is 151 Å². The van der Waals surface area contributed by atoms with E-state index in [1.54, 1.807) is 13.1 Å². The lowest BCUT2D eigenvalue weighted by Crippen LogP contribution is -2.51. The number of pyridine rings is 1. The molecular formula is C20H30N4O. The molecule has 1 aliphatic rings. The fourth-order valence-corrected chi connectivity index (χ4v) is 3.42. The van der Waals surface area contributed by atoms with Crippen molar-refractivity contribution in [2.24, 2.45) is 11.8 Å². The smallest absolute Gasteiger partial charge is 0.235 e. The van der Waals surface area contributed by atoms with Gasteiger partial charge >= 0.3 is 0 Å². The number of nitrogens with one attached hydrogen (secondary N) is 2. The number of carbonyl (C=O) groups excluding carboxylic acids is 1. The van der Waals surface area contributed by atoms with E-state index in [1.165, 1.54) is 32.1 Å². The van der Waals surface area contributed by atoms with Crippen LogP contribution in [0.3, 0.4) is 0 Å². The third-order valence-corrected chi connectivity index (χ3v) is 5.43. The summed E-state index contributed by atoms with van der Waals surface area (Å²) >= 11 is 0. The van der Waals surface area contributed by atoms with E-state index in [1.807, 2.05) is 26.1 Å². The van der Waals surface area contributed by atoms with Gasteiger partial charge in [0.25, 0.3) is 0 Å². The number of amides is 1. The molecule has 0 radical (unpaired) electrons. The van der Waals surface area contributed by atoms with Crippen LogP contribution in [0.15, 0.2) is 24.5 Å². The summed E-state index contributed by atoms with van der Waals surface area (Å²) in [7, 11) is 0. The maximum absolute atomic E-state index is 12.4. The maximum Gasteiger partial charge on any atom is 0.235 e. The first kappa shape index (κ1) is 19.4. The molecule has 1 aromatic rings. The maximum atomic E-state index is 12.4. The molecule has 2 rings (SSSR count). The van der Waals surface area contributed by atoms with Gasteiger partial charge in [0.1, 0.15) is 5.54 Å². The van der Waals surface area contributed by atoms with Crippen LogP contribution in [0.2, 0.25) is 0 Å². The third kappa shape index (κ3) is 5.27. The second-order valence-corrected chi connectivity index (χ2v) is 7.56. The van der Waals surface area contributed by atoms with E-state index in [0.29, 0.717) is 5.92 Å². The average molecular weight is 342 g/mol. The van der Waals surface area contributed by atoms with Gasteiger partial charge in [-0.3, -0.25) is 9.78 Å². The van der Waals surface area contributed by atoms with Crippen molar-refractivity contribution in [3.05, 3.63) is 30.1 Å².